The molecule has 3 aromatic carbocycles. The van der Waals surface area contributed by atoms with Crippen LogP contribution in [0.1, 0.15) is 21.6 Å². The minimum Gasteiger partial charge on any atom is -0.347 e. The summed E-state index contributed by atoms with van der Waals surface area (Å²) in [7, 11) is 0. The Morgan fingerprint density at radius 1 is 0.875 bits per heavy atom. The van der Waals surface area contributed by atoms with E-state index in [1.54, 1.807) is 6.20 Å². The van der Waals surface area contributed by atoms with Gasteiger partial charge in [0.15, 0.2) is 0 Å². The van der Waals surface area contributed by atoms with Gasteiger partial charge in [0.05, 0.1) is 23.8 Å². The maximum absolute atomic E-state index is 12.7. The summed E-state index contributed by atoms with van der Waals surface area (Å²) in [4.78, 5) is 21.4. The van der Waals surface area contributed by atoms with E-state index in [0.29, 0.717) is 17.8 Å². The van der Waals surface area contributed by atoms with Crippen molar-refractivity contribution in [2.24, 2.45) is 0 Å². The molecule has 0 atom stereocenters. The standard InChI is InChI=1S/C26H21N5O/c32-26(25-17-27-23-8-3-4-9-24(23)30-25)28-16-21-6-1-2-7-22(21)20-12-10-19(11-13-20)18-31-15-5-14-29-31/h1-15,17H,16,18H2,(H,28,32). The summed E-state index contributed by atoms with van der Waals surface area (Å²) in [5.74, 6) is -0.243. The number of aromatic nitrogens is 4. The van der Waals surface area contributed by atoms with Gasteiger partial charge in [-0.15, -0.1) is 0 Å². The van der Waals surface area contributed by atoms with Crippen molar-refractivity contribution >= 4 is 16.9 Å². The first-order valence-electron chi connectivity index (χ1n) is 10.4. The molecule has 0 aliphatic heterocycles. The Kier molecular flexibility index (Phi) is 5.41. The van der Waals surface area contributed by atoms with Crippen LogP contribution in [0.5, 0.6) is 0 Å². The highest BCUT2D eigenvalue weighted by molar-refractivity contribution is 5.93. The highest BCUT2D eigenvalue weighted by Gasteiger charge is 2.11. The number of fused-ring (bicyclic) bond motifs is 1. The number of benzene rings is 3. The lowest BCUT2D eigenvalue weighted by atomic mass is 9.98. The highest BCUT2D eigenvalue weighted by Crippen LogP contribution is 2.24. The summed E-state index contributed by atoms with van der Waals surface area (Å²) in [5, 5.41) is 7.23. The van der Waals surface area contributed by atoms with Gasteiger partial charge in [-0.3, -0.25) is 14.5 Å². The molecule has 2 heterocycles. The molecule has 5 aromatic rings. The maximum atomic E-state index is 12.7. The van der Waals surface area contributed by atoms with Crippen LogP contribution in [-0.2, 0) is 13.1 Å². The highest BCUT2D eigenvalue weighted by atomic mass is 16.1. The molecule has 0 aliphatic carbocycles. The first-order valence-corrected chi connectivity index (χ1v) is 10.4. The summed E-state index contributed by atoms with van der Waals surface area (Å²) in [5.41, 5.74) is 6.19. The van der Waals surface area contributed by atoms with E-state index in [9.17, 15) is 4.79 Å². The maximum Gasteiger partial charge on any atom is 0.271 e. The van der Waals surface area contributed by atoms with Crippen LogP contribution >= 0.6 is 0 Å². The summed E-state index contributed by atoms with van der Waals surface area (Å²) in [6.07, 6.45) is 5.25. The molecule has 5 rings (SSSR count). The number of hydrogen-bond acceptors (Lipinski definition) is 4. The molecule has 0 saturated heterocycles. The van der Waals surface area contributed by atoms with Crippen LogP contribution in [0.3, 0.4) is 0 Å². The van der Waals surface area contributed by atoms with Gasteiger partial charge in [-0.1, -0.05) is 60.7 Å². The predicted octanol–water partition coefficient (Wildman–Crippen LogP) is 4.47. The Morgan fingerprint density at radius 3 is 2.47 bits per heavy atom. The third kappa shape index (κ3) is 4.25. The van der Waals surface area contributed by atoms with Crippen molar-refractivity contribution < 1.29 is 4.79 Å². The topological polar surface area (TPSA) is 72.7 Å². The van der Waals surface area contributed by atoms with Crippen molar-refractivity contribution in [1.82, 2.24) is 25.1 Å². The van der Waals surface area contributed by atoms with Gasteiger partial charge in [0.25, 0.3) is 5.91 Å². The molecule has 0 aliphatic rings. The molecule has 6 heteroatoms. The molecule has 0 radical (unpaired) electrons. The Morgan fingerprint density at radius 2 is 1.66 bits per heavy atom. The predicted molar refractivity (Wildman–Crippen MR) is 124 cm³/mol. The Hall–Kier alpha value is -4.32. The van der Waals surface area contributed by atoms with Gasteiger partial charge in [0.1, 0.15) is 5.69 Å². The van der Waals surface area contributed by atoms with Gasteiger partial charge in [0.2, 0.25) is 0 Å². The molecule has 2 aromatic heterocycles. The minimum atomic E-state index is -0.243. The fourth-order valence-corrected chi connectivity index (χ4v) is 3.66. The number of para-hydroxylation sites is 2. The van der Waals surface area contributed by atoms with Crippen LogP contribution in [0.4, 0.5) is 0 Å². The van der Waals surface area contributed by atoms with Crippen LogP contribution in [0.25, 0.3) is 22.2 Å². The van der Waals surface area contributed by atoms with Crippen molar-refractivity contribution in [3.05, 3.63) is 114 Å². The molecule has 0 bridgehead atoms. The van der Waals surface area contributed by atoms with E-state index in [-0.39, 0.29) is 5.91 Å². The van der Waals surface area contributed by atoms with Gasteiger partial charge in [-0.05, 0) is 40.5 Å². The Bertz CT molecular complexity index is 1360. The van der Waals surface area contributed by atoms with E-state index in [2.05, 4.69) is 50.7 Å². The van der Waals surface area contributed by atoms with Crippen LogP contribution in [0.15, 0.2) is 97.5 Å². The molecule has 0 fully saturated rings. The fraction of sp³-hybridized carbons (Fsp3) is 0.0769. The quantitative estimate of drug-likeness (QED) is 0.441. The molecule has 32 heavy (non-hydrogen) atoms. The Labute approximate surface area is 185 Å². The number of nitrogens with zero attached hydrogens (tertiary/aromatic N) is 4. The van der Waals surface area contributed by atoms with E-state index < -0.39 is 0 Å². The van der Waals surface area contributed by atoms with Gasteiger partial charge in [-0.2, -0.15) is 5.10 Å². The molecule has 1 amide bonds. The molecule has 6 nitrogen and oxygen atoms in total. The molecular formula is C26H21N5O. The zero-order valence-corrected chi connectivity index (χ0v) is 17.3. The Balaban J connectivity index is 1.31. The van der Waals surface area contributed by atoms with E-state index in [1.807, 2.05) is 59.4 Å². The molecule has 0 unspecified atom stereocenters. The molecule has 1 N–H and O–H groups in total. The van der Waals surface area contributed by atoms with Crippen LogP contribution in [-0.4, -0.2) is 25.7 Å². The van der Waals surface area contributed by atoms with Crippen molar-refractivity contribution in [2.45, 2.75) is 13.1 Å². The van der Waals surface area contributed by atoms with Gasteiger partial charge < -0.3 is 5.32 Å². The fourth-order valence-electron chi connectivity index (χ4n) is 3.66. The summed E-state index contributed by atoms with van der Waals surface area (Å²) >= 11 is 0. The second kappa shape index (κ2) is 8.81. The van der Waals surface area contributed by atoms with Crippen LogP contribution in [0.2, 0.25) is 0 Å². The molecular weight excluding hydrogens is 398 g/mol. The summed E-state index contributed by atoms with van der Waals surface area (Å²) in [6, 6.07) is 25.9. The third-order valence-electron chi connectivity index (χ3n) is 5.31. The average Bonchev–Trinajstić information content (AvgIpc) is 3.36. The monoisotopic (exact) mass is 419 g/mol. The zero-order chi connectivity index (χ0) is 21.8. The molecule has 156 valence electrons. The van der Waals surface area contributed by atoms with Crippen molar-refractivity contribution in [2.75, 3.05) is 0 Å². The number of carbonyl (C=O) groups is 1. The number of nitrogens with one attached hydrogen (secondary N) is 1. The van der Waals surface area contributed by atoms with E-state index in [4.69, 9.17) is 0 Å². The molecule has 0 saturated carbocycles. The zero-order valence-electron chi connectivity index (χ0n) is 17.3. The third-order valence-corrected chi connectivity index (χ3v) is 5.31. The van der Waals surface area contributed by atoms with Gasteiger partial charge in [0, 0.05) is 18.9 Å². The van der Waals surface area contributed by atoms with E-state index in [0.717, 1.165) is 28.8 Å². The lowest BCUT2D eigenvalue weighted by Crippen LogP contribution is -2.24. The van der Waals surface area contributed by atoms with Gasteiger partial charge in [-0.25, -0.2) is 4.98 Å². The summed E-state index contributed by atoms with van der Waals surface area (Å²) < 4.78 is 1.90. The number of hydrogen-bond donors (Lipinski definition) is 1. The molecule has 0 spiro atoms. The largest absolute Gasteiger partial charge is 0.347 e. The SMILES string of the molecule is O=C(NCc1ccccc1-c1ccc(Cn2cccn2)cc1)c1cnc2ccccc2n1. The van der Waals surface area contributed by atoms with Crippen molar-refractivity contribution in [3.63, 3.8) is 0 Å². The van der Waals surface area contributed by atoms with Crippen LogP contribution < -0.4 is 5.32 Å². The van der Waals surface area contributed by atoms with Crippen molar-refractivity contribution in [3.8, 4) is 11.1 Å². The average molecular weight is 419 g/mol. The van der Waals surface area contributed by atoms with Crippen LogP contribution in [0, 0.1) is 0 Å². The van der Waals surface area contributed by atoms with Gasteiger partial charge >= 0.3 is 0 Å². The first-order chi connectivity index (χ1) is 15.8. The summed E-state index contributed by atoms with van der Waals surface area (Å²) in [6.45, 7) is 1.14. The smallest absolute Gasteiger partial charge is 0.271 e. The lowest BCUT2D eigenvalue weighted by molar-refractivity contribution is 0.0946. The van der Waals surface area contributed by atoms with E-state index in [1.165, 1.54) is 11.8 Å². The second-order valence-electron chi connectivity index (χ2n) is 7.48. The normalized spacial score (nSPS) is 10.9. The number of carbonyl (C=O) groups excluding carboxylic acids is 1. The van der Waals surface area contributed by atoms with E-state index >= 15 is 0 Å². The lowest BCUT2D eigenvalue weighted by Gasteiger charge is -2.12. The van der Waals surface area contributed by atoms with Crippen molar-refractivity contribution in [1.29, 1.82) is 0 Å². The second-order valence-corrected chi connectivity index (χ2v) is 7.48. The number of amides is 1. The first kappa shape index (κ1) is 19.6. The minimum absolute atomic E-state index is 0.243. The number of rotatable bonds is 6.